The molecule has 0 amide bonds. The molecule has 1 aliphatic rings. The van der Waals surface area contributed by atoms with Gasteiger partial charge in [0.1, 0.15) is 0 Å². The summed E-state index contributed by atoms with van der Waals surface area (Å²) in [6, 6.07) is 6.92. The van der Waals surface area contributed by atoms with E-state index in [0.29, 0.717) is 11.4 Å². The summed E-state index contributed by atoms with van der Waals surface area (Å²) in [7, 11) is -3.53. The van der Waals surface area contributed by atoms with Crippen LogP contribution in [0.25, 0.3) is 0 Å². The van der Waals surface area contributed by atoms with Gasteiger partial charge in [0.15, 0.2) is 0 Å². The lowest BCUT2D eigenvalue weighted by atomic mass is 10.2. The first-order valence-electron chi connectivity index (χ1n) is 6.27. The zero-order chi connectivity index (χ0) is 14.0. The molecule has 0 aliphatic carbocycles. The molecule has 0 saturated carbocycles. The Hall–Kier alpha value is -0.950. The maximum absolute atomic E-state index is 12.6. The van der Waals surface area contributed by atoms with Gasteiger partial charge >= 0.3 is 0 Å². The third-order valence-electron chi connectivity index (χ3n) is 3.21. The van der Waals surface area contributed by atoms with Gasteiger partial charge in [-0.2, -0.15) is 4.31 Å². The molecular weight excluding hydrogens is 266 g/mol. The number of hydrogen-bond donors (Lipinski definition) is 1. The van der Waals surface area contributed by atoms with E-state index in [2.05, 4.69) is 0 Å². The molecule has 19 heavy (non-hydrogen) atoms. The molecule has 0 aromatic heterocycles. The summed E-state index contributed by atoms with van der Waals surface area (Å²) in [6.45, 7) is 3.91. The van der Waals surface area contributed by atoms with E-state index < -0.39 is 16.1 Å². The highest BCUT2D eigenvalue weighted by atomic mass is 32.2. The molecule has 0 spiro atoms. The molecule has 0 bridgehead atoms. The third-order valence-corrected chi connectivity index (χ3v) is 5.20. The topological polar surface area (TPSA) is 66.8 Å². The van der Waals surface area contributed by atoms with Gasteiger partial charge in [-0.3, -0.25) is 0 Å². The Bertz CT molecular complexity index is 543. The van der Waals surface area contributed by atoms with Gasteiger partial charge in [0.25, 0.3) is 0 Å². The summed E-state index contributed by atoms with van der Waals surface area (Å²) in [6.07, 6.45) is -0.674. The number of ether oxygens (including phenoxy) is 1. The van der Waals surface area contributed by atoms with E-state index in [9.17, 15) is 13.5 Å². The van der Waals surface area contributed by atoms with E-state index in [1.807, 2.05) is 13.0 Å². The fourth-order valence-corrected chi connectivity index (χ4v) is 4.06. The number of sulfonamides is 1. The smallest absolute Gasteiger partial charge is 0.243 e. The summed E-state index contributed by atoms with van der Waals surface area (Å²) in [5.41, 5.74) is 0.724. The summed E-state index contributed by atoms with van der Waals surface area (Å²) in [5.74, 6) is 0. The van der Waals surface area contributed by atoms with Gasteiger partial charge in [0, 0.05) is 13.1 Å². The monoisotopic (exact) mass is 285 g/mol. The van der Waals surface area contributed by atoms with Crippen LogP contribution in [0, 0.1) is 6.92 Å². The second kappa shape index (κ2) is 5.58. The number of rotatable bonds is 3. The summed E-state index contributed by atoms with van der Waals surface area (Å²) >= 11 is 0. The molecule has 5 nitrogen and oxygen atoms in total. The van der Waals surface area contributed by atoms with E-state index >= 15 is 0 Å². The highest BCUT2D eigenvalue weighted by Gasteiger charge is 2.34. The Kier molecular flexibility index (Phi) is 4.25. The van der Waals surface area contributed by atoms with Crippen molar-refractivity contribution in [1.29, 1.82) is 0 Å². The number of benzene rings is 1. The van der Waals surface area contributed by atoms with Crippen molar-refractivity contribution < 1.29 is 18.3 Å². The Morgan fingerprint density at radius 1 is 1.37 bits per heavy atom. The van der Waals surface area contributed by atoms with Crippen molar-refractivity contribution in [3.63, 3.8) is 0 Å². The molecular formula is C13H19NO4S. The second-order valence-corrected chi connectivity index (χ2v) is 6.75. The molecule has 1 fully saturated rings. The molecule has 1 N–H and O–H groups in total. The van der Waals surface area contributed by atoms with Crippen molar-refractivity contribution in [1.82, 2.24) is 4.31 Å². The molecule has 1 aromatic carbocycles. The number of aliphatic hydroxyl groups is 1. The van der Waals surface area contributed by atoms with Gasteiger partial charge in [-0.05, 0) is 25.5 Å². The van der Waals surface area contributed by atoms with Crippen molar-refractivity contribution in [3.05, 3.63) is 29.8 Å². The highest BCUT2D eigenvalue weighted by Crippen LogP contribution is 2.23. The quantitative estimate of drug-likeness (QED) is 0.890. The zero-order valence-electron chi connectivity index (χ0n) is 11.1. The van der Waals surface area contributed by atoms with Crippen LogP contribution in [0.2, 0.25) is 0 Å². The van der Waals surface area contributed by atoms with Gasteiger partial charge in [-0.25, -0.2) is 8.42 Å². The van der Waals surface area contributed by atoms with Crippen LogP contribution in [-0.4, -0.2) is 49.7 Å². The first-order valence-corrected chi connectivity index (χ1v) is 7.71. The maximum atomic E-state index is 12.6. The lowest BCUT2D eigenvalue weighted by Gasteiger charge is -2.35. The summed E-state index contributed by atoms with van der Waals surface area (Å²) in [5, 5.41) is 9.17. The first kappa shape index (κ1) is 14.5. The van der Waals surface area contributed by atoms with Crippen LogP contribution < -0.4 is 0 Å². The minimum absolute atomic E-state index is 0.176. The molecule has 0 radical (unpaired) electrons. The minimum Gasteiger partial charge on any atom is -0.394 e. The molecule has 1 aliphatic heterocycles. The average molecular weight is 285 g/mol. The molecule has 106 valence electrons. The van der Waals surface area contributed by atoms with Crippen LogP contribution in [0.3, 0.4) is 0 Å². The number of nitrogens with zero attached hydrogens (tertiary/aromatic N) is 1. The number of morpholine rings is 1. The van der Waals surface area contributed by atoms with Gasteiger partial charge in [-0.15, -0.1) is 0 Å². The Labute approximate surface area is 113 Å². The zero-order valence-corrected chi connectivity index (χ0v) is 11.9. The molecule has 6 heteroatoms. The second-order valence-electron chi connectivity index (χ2n) is 4.84. The van der Waals surface area contributed by atoms with Crippen LogP contribution in [0.5, 0.6) is 0 Å². The van der Waals surface area contributed by atoms with Crippen LogP contribution in [0.15, 0.2) is 29.2 Å². The number of aliphatic hydroxyl groups excluding tert-OH is 1. The molecule has 2 atom stereocenters. The Balaban J connectivity index is 2.32. The SMILES string of the molecule is Cc1ccccc1S(=O)(=O)N1CC(C)OC(CO)C1. The van der Waals surface area contributed by atoms with Gasteiger partial charge in [0.05, 0.1) is 23.7 Å². The van der Waals surface area contributed by atoms with E-state index in [-0.39, 0.29) is 19.3 Å². The largest absolute Gasteiger partial charge is 0.394 e. The van der Waals surface area contributed by atoms with Crippen molar-refractivity contribution in [2.75, 3.05) is 19.7 Å². The van der Waals surface area contributed by atoms with Crippen LogP contribution in [0.4, 0.5) is 0 Å². The third kappa shape index (κ3) is 2.97. The van der Waals surface area contributed by atoms with Crippen LogP contribution >= 0.6 is 0 Å². The molecule has 2 unspecified atom stereocenters. The lowest BCUT2D eigenvalue weighted by Crippen LogP contribution is -2.50. The van der Waals surface area contributed by atoms with Crippen molar-refractivity contribution >= 4 is 10.0 Å². The predicted octanol–water partition coefficient (Wildman–Crippen LogP) is 0.765. The van der Waals surface area contributed by atoms with Crippen molar-refractivity contribution in [3.8, 4) is 0 Å². The van der Waals surface area contributed by atoms with Gasteiger partial charge in [-0.1, -0.05) is 18.2 Å². The van der Waals surface area contributed by atoms with Crippen LogP contribution in [-0.2, 0) is 14.8 Å². The Morgan fingerprint density at radius 3 is 2.68 bits per heavy atom. The lowest BCUT2D eigenvalue weighted by molar-refractivity contribution is -0.0750. The first-order chi connectivity index (χ1) is 8.95. The van der Waals surface area contributed by atoms with E-state index in [1.54, 1.807) is 25.1 Å². The van der Waals surface area contributed by atoms with E-state index in [0.717, 1.165) is 5.56 Å². The standard InChI is InChI=1S/C13H19NO4S/c1-10-5-3-4-6-13(10)19(16,17)14-7-11(2)18-12(8-14)9-15/h3-6,11-12,15H,7-9H2,1-2H3. The normalized spacial score (nSPS) is 25.4. The van der Waals surface area contributed by atoms with Crippen molar-refractivity contribution in [2.45, 2.75) is 31.0 Å². The molecule has 1 saturated heterocycles. The highest BCUT2D eigenvalue weighted by molar-refractivity contribution is 7.89. The Morgan fingerprint density at radius 2 is 2.05 bits per heavy atom. The van der Waals surface area contributed by atoms with E-state index in [1.165, 1.54) is 4.31 Å². The van der Waals surface area contributed by atoms with Crippen molar-refractivity contribution in [2.24, 2.45) is 0 Å². The molecule has 1 heterocycles. The maximum Gasteiger partial charge on any atom is 0.243 e. The fraction of sp³-hybridized carbons (Fsp3) is 0.538. The average Bonchev–Trinajstić information content (AvgIpc) is 2.38. The number of aryl methyl sites for hydroxylation is 1. The molecule has 2 rings (SSSR count). The summed E-state index contributed by atoms with van der Waals surface area (Å²) < 4.78 is 32.1. The summed E-state index contributed by atoms with van der Waals surface area (Å²) in [4.78, 5) is 0.320. The van der Waals surface area contributed by atoms with Gasteiger partial charge in [0.2, 0.25) is 10.0 Å². The predicted molar refractivity (Wildman–Crippen MR) is 71.4 cm³/mol. The fourth-order valence-electron chi connectivity index (χ4n) is 2.28. The minimum atomic E-state index is -3.53. The molecule has 1 aromatic rings. The van der Waals surface area contributed by atoms with E-state index in [4.69, 9.17) is 4.74 Å². The van der Waals surface area contributed by atoms with Gasteiger partial charge < -0.3 is 9.84 Å². The number of hydrogen-bond acceptors (Lipinski definition) is 4. The van der Waals surface area contributed by atoms with Crippen LogP contribution in [0.1, 0.15) is 12.5 Å².